The van der Waals surface area contributed by atoms with Crippen LogP contribution in [-0.4, -0.2) is 10.2 Å². The van der Waals surface area contributed by atoms with Crippen molar-refractivity contribution in [1.82, 2.24) is 10.2 Å². The van der Waals surface area contributed by atoms with Crippen LogP contribution in [0.4, 0.5) is 0 Å². The van der Waals surface area contributed by atoms with Crippen molar-refractivity contribution in [1.29, 1.82) is 0 Å². The predicted molar refractivity (Wildman–Crippen MR) is 59.4 cm³/mol. The Morgan fingerprint density at radius 1 is 1.13 bits per heavy atom. The van der Waals surface area contributed by atoms with Gasteiger partial charge in [0.2, 0.25) is 11.8 Å². The first-order chi connectivity index (χ1) is 7.24. The summed E-state index contributed by atoms with van der Waals surface area (Å²) in [6, 6.07) is 7.50. The standard InChI is InChI=1S/C11H9ClN2O/c1-8-13-14-11(15-8)7-4-9-2-5-10(12)6-3-9/h2-7H,1H3. The van der Waals surface area contributed by atoms with Crippen LogP contribution in [-0.2, 0) is 0 Å². The molecule has 1 heterocycles. The van der Waals surface area contributed by atoms with Crippen molar-refractivity contribution in [3.63, 3.8) is 0 Å². The molecule has 0 spiro atoms. The third kappa shape index (κ3) is 2.67. The summed E-state index contributed by atoms with van der Waals surface area (Å²) in [4.78, 5) is 0. The Kier molecular flexibility index (Phi) is 2.83. The first kappa shape index (κ1) is 9.93. The van der Waals surface area contributed by atoms with Crippen LogP contribution in [0.15, 0.2) is 28.7 Å². The minimum atomic E-state index is 0.502. The molecule has 4 heteroatoms. The molecule has 1 aromatic heterocycles. The lowest BCUT2D eigenvalue weighted by molar-refractivity contribution is 0.510. The van der Waals surface area contributed by atoms with E-state index in [0.717, 1.165) is 10.6 Å². The van der Waals surface area contributed by atoms with Crippen LogP contribution in [0.5, 0.6) is 0 Å². The largest absolute Gasteiger partial charge is 0.422 e. The fourth-order valence-electron chi connectivity index (χ4n) is 1.12. The lowest BCUT2D eigenvalue weighted by atomic mass is 10.2. The highest BCUT2D eigenvalue weighted by Crippen LogP contribution is 2.12. The molecule has 76 valence electrons. The van der Waals surface area contributed by atoms with Gasteiger partial charge in [0.05, 0.1) is 0 Å². The van der Waals surface area contributed by atoms with Gasteiger partial charge in [0, 0.05) is 18.0 Å². The second kappa shape index (κ2) is 4.28. The Balaban J connectivity index is 2.14. The molecule has 0 saturated carbocycles. The van der Waals surface area contributed by atoms with E-state index in [4.69, 9.17) is 16.0 Å². The number of aromatic nitrogens is 2. The summed E-state index contributed by atoms with van der Waals surface area (Å²) < 4.78 is 5.19. The Bertz CT molecular complexity index is 474. The number of rotatable bonds is 2. The van der Waals surface area contributed by atoms with Crippen LogP contribution in [0, 0.1) is 6.92 Å². The number of hydrogen-bond donors (Lipinski definition) is 0. The van der Waals surface area contributed by atoms with Gasteiger partial charge in [-0.3, -0.25) is 0 Å². The van der Waals surface area contributed by atoms with Crippen LogP contribution >= 0.6 is 11.6 Å². The van der Waals surface area contributed by atoms with Crippen LogP contribution < -0.4 is 0 Å². The molecule has 0 amide bonds. The monoisotopic (exact) mass is 220 g/mol. The molecule has 0 aliphatic rings. The van der Waals surface area contributed by atoms with E-state index in [9.17, 15) is 0 Å². The number of hydrogen-bond acceptors (Lipinski definition) is 3. The molecule has 1 aromatic carbocycles. The zero-order chi connectivity index (χ0) is 10.7. The third-order valence-corrected chi connectivity index (χ3v) is 2.08. The SMILES string of the molecule is Cc1nnc(C=Cc2ccc(Cl)cc2)o1. The summed E-state index contributed by atoms with van der Waals surface area (Å²) in [5.74, 6) is 1.06. The van der Waals surface area contributed by atoms with E-state index in [2.05, 4.69) is 10.2 Å². The quantitative estimate of drug-likeness (QED) is 0.780. The van der Waals surface area contributed by atoms with E-state index in [-0.39, 0.29) is 0 Å². The van der Waals surface area contributed by atoms with Gasteiger partial charge in [-0.05, 0) is 23.8 Å². The van der Waals surface area contributed by atoms with E-state index in [0.29, 0.717) is 11.8 Å². The summed E-state index contributed by atoms with van der Waals surface area (Å²) >= 11 is 5.77. The second-order valence-corrected chi connectivity index (χ2v) is 3.48. The highest BCUT2D eigenvalue weighted by Gasteiger charge is 1.96. The highest BCUT2D eigenvalue weighted by molar-refractivity contribution is 6.30. The summed E-state index contributed by atoms with van der Waals surface area (Å²) in [6.45, 7) is 1.76. The summed E-state index contributed by atoms with van der Waals surface area (Å²) in [6.07, 6.45) is 3.66. The zero-order valence-corrected chi connectivity index (χ0v) is 8.90. The second-order valence-electron chi connectivity index (χ2n) is 3.04. The highest BCUT2D eigenvalue weighted by atomic mass is 35.5. The van der Waals surface area contributed by atoms with Crippen LogP contribution in [0.1, 0.15) is 17.3 Å². The summed E-state index contributed by atoms with van der Waals surface area (Å²) in [5, 5.41) is 8.30. The molecule has 2 rings (SSSR count). The van der Waals surface area contributed by atoms with Gasteiger partial charge in [-0.25, -0.2) is 0 Å². The van der Waals surface area contributed by atoms with E-state index < -0.39 is 0 Å². The lowest BCUT2D eigenvalue weighted by Crippen LogP contribution is -1.73. The van der Waals surface area contributed by atoms with E-state index in [1.807, 2.05) is 30.3 Å². The molecule has 15 heavy (non-hydrogen) atoms. The lowest BCUT2D eigenvalue weighted by Gasteiger charge is -1.91. The molecule has 0 aliphatic carbocycles. The number of aryl methyl sites for hydroxylation is 1. The van der Waals surface area contributed by atoms with Crippen LogP contribution in [0.3, 0.4) is 0 Å². The average molecular weight is 221 g/mol. The van der Waals surface area contributed by atoms with Crippen LogP contribution in [0.2, 0.25) is 5.02 Å². The van der Waals surface area contributed by atoms with Crippen molar-refractivity contribution >= 4 is 23.8 Å². The number of nitrogens with zero attached hydrogens (tertiary/aromatic N) is 2. The molecule has 0 aliphatic heterocycles. The van der Waals surface area contributed by atoms with E-state index in [1.165, 1.54) is 0 Å². The molecule has 0 radical (unpaired) electrons. The molecule has 0 atom stereocenters. The topological polar surface area (TPSA) is 38.9 Å². The molecule has 0 unspecified atom stereocenters. The van der Waals surface area contributed by atoms with Gasteiger partial charge in [0.15, 0.2) is 0 Å². The Labute approximate surface area is 92.4 Å². The molecule has 0 bridgehead atoms. The molecular formula is C11H9ClN2O. The minimum Gasteiger partial charge on any atom is -0.422 e. The summed E-state index contributed by atoms with van der Waals surface area (Å²) in [7, 11) is 0. The van der Waals surface area contributed by atoms with Gasteiger partial charge < -0.3 is 4.42 Å². The fourth-order valence-corrected chi connectivity index (χ4v) is 1.25. The van der Waals surface area contributed by atoms with Crippen molar-refractivity contribution < 1.29 is 4.42 Å². The van der Waals surface area contributed by atoms with Crippen molar-refractivity contribution in [3.05, 3.63) is 46.6 Å². The van der Waals surface area contributed by atoms with Gasteiger partial charge in [-0.2, -0.15) is 0 Å². The van der Waals surface area contributed by atoms with Gasteiger partial charge in [-0.15, -0.1) is 10.2 Å². The van der Waals surface area contributed by atoms with E-state index in [1.54, 1.807) is 13.0 Å². The smallest absolute Gasteiger partial charge is 0.240 e. The average Bonchev–Trinajstić information content (AvgIpc) is 2.64. The maximum absolute atomic E-state index is 5.77. The maximum Gasteiger partial charge on any atom is 0.240 e. The minimum absolute atomic E-state index is 0.502. The van der Waals surface area contributed by atoms with Crippen molar-refractivity contribution in [3.8, 4) is 0 Å². The third-order valence-electron chi connectivity index (χ3n) is 1.83. The molecule has 0 N–H and O–H groups in total. The first-order valence-corrected chi connectivity index (χ1v) is 4.85. The Morgan fingerprint density at radius 3 is 2.47 bits per heavy atom. The summed E-state index contributed by atoms with van der Waals surface area (Å²) in [5.41, 5.74) is 1.04. The predicted octanol–water partition coefficient (Wildman–Crippen LogP) is 3.20. The van der Waals surface area contributed by atoms with Gasteiger partial charge in [0.25, 0.3) is 0 Å². The van der Waals surface area contributed by atoms with E-state index >= 15 is 0 Å². The van der Waals surface area contributed by atoms with Crippen molar-refractivity contribution in [2.45, 2.75) is 6.92 Å². The molecule has 0 saturated heterocycles. The van der Waals surface area contributed by atoms with Gasteiger partial charge in [0.1, 0.15) is 0 Å². The Morgan fingerprint density at radius 2 is 1.87 bits per heavy atom. The maximum atomic E-state index is 5.77. The first-order valence-electron chi connectivity index (χ1n) is 4.48. The Hall–Kier alpha value is -1.61. The van der Waals surface area contributed by atoms with Crippen molar-refractivity contribution in [2.75, 3.05) is 0 Å². The number of halogens is 1. The molecule has 2 aromatic rings. The molecular weight excluding hydrogens is 212 g/mol. The van der Waals surface area contributed by atoms with Crippen LogP contribution in [0.25, 0.3) is 12.2 Å². The molecule has 3 nitrogen and oxygen atoms in total. The normalized spacial score (nSPS) is 11.1. The number of benzene rings is 1. The fraction of sp³-hybridized carbons (Fsp3) is 0.0909. The molecule has 0 fully saturated rings. The zero-order valence-electron chi connectivity index (χ0n) is 8.14. The van der Waals surface area contributed by atoms with Crippen molar-refractivity contribution in [2.24, 2.45) is 0 Å². The van der Waals surface area contributed by atoms with Gasteiger partial charge in [-0.1, -0.05) is 23.7 Å². The van der Waals surface area contributed by atoms with Gasteiger partial charge >= 0.3 is 0 Å².